The van der Waals surface area contributed by atoms with Crippen LogP contribution in [-0.4, -0.2) is 13.4 Å². The zero-order valence-corrected chi connectivity index (χ0v) is 11.1. The van der Waals surface area contributed by atoms with Crippen LogP contribution in [0.5, 0.6) is 0 Å². The summed E-state index contributed by atoms with van der Waals surface area (Å²) in [6, 6.07) is 2.63. The van der Waals surface area contributed by atoms with Gasteiger partial charge in [-0.25, -0.2) is 17.8 Å². The van der Waals surface area contributed by atoms with Crippen molar-refractivity contribution in [3.8, 4) is 11.3 Å². The normalized spacial score (nSPS) is 11.8. The summed E-state index contributed by atoms with van der Waals surface area (Å²) in [5, 5.41) is 0. The van der Waals surface area contributed by atoms with Crippen molar-refractivity contribution in [3.63, 3.8) is 0 Å². The van der Waals surface area contributed by atoms with Crippen LogP contribution in [0.4, 0.5) is 4.39 Å². The molecule has 0 aliphatic carbocycles. The largest absolute Gasteiger partial charge is 0.449 e. The fourth-order valence-corrected chi connectivity index (χ4v) is 2.54. The van der Waals surface area contributed by atoms with Crippen molar-refractivity contribution in [2.45, 2.75) is 18.7 Å². The van der Waals surface area contributed by atoms with Crippen LogP contribution >= 0.6 is 10.7 Å². The number of halogens is 2. The van der Waals surface area contributed by atoms with Gasteiger partial charge >= 0.3 is 0 Å². The lowest BCUT2D eigenvalue weighted by Gasteiger charge is -2.05. The van der Waals surface area contributed by atoms with Crippen molar-refractivity contribution in [1.82, 2.24) is 4.98 Å². The number of aromatic nitrogens is 1. The molecule has 0 aliphatic rings. The van der Waals surface area contributed by atoms with E-state index in [2.05, 4.69) is 4.98 Å². The third-order valence-corrected chi connectivity index (χ3v) is 3.72. The van der Waals surface area contributed by atoms with Gasteiger partial charge in [0.2, 0.25) is 0 Å². The molecule has 0 aliphatic heterocycles. The van der Waals surface area contributed by atoms with Gasteiger partial charge in [-0.05, 0) is 24.6 Å². The summed E-state index contributed by atoms with van der Waals surface area (Å²) in [5.74, 6) is -0.420. The molecule has 7 heteroatoms. The van der Waals surface area contributed by atoms with Crippen molar-refractivity contribution < 1.29 is 17.2 Å². The molecule has 1 aromatic heterocycles. The first-order valence-electron chi connectivity index (χ1n) is 4.96. The monoisotopic (exact) mass is 289 g/mol. The van der Waals surface area contributed by atoms with Crippen LogP contribution in [0.15, 0.2) is 27.7 Å². The fraction of sp³-hybridized carbons (Fsp3) is 0.182. The lowest BCUT2D eigenvalue weighted by molar-refractivity contribution is 0.521. The van der Waals surface area contributed by atoms with Gasteiger partial charge in [0.1, 0.15) is 22.7 Å². The summed E-state index contributed by atoms with van der Waals surface area (Å²) in [4.78, 5) is 3.49. The third kappa shape index (κ3) is 2.39. The molecule has 0 spiro atoms. The second kappa shape index (κ2) is 4.37. The van der Waals surface area contributed by atoms with E-state index in [1.54, 1.807) is 6.92 Å². The Hall–Kier alpha value is -1.40. The second-order valence-corrected chi connectivity index (χ2v) is 6.33. The Kier molecular flexibility index (Phi) is 3.16. The summed E-state index contributed by atoms with van der Waals surface area (Å²) in [6.07, 6.45) is 1.37. The highest BCUT2D eigenvalue weighted by Gasteiger charge is 2.20. The summed E-state index contributed by atoms with van der Waals surface area (Å²) in [5.41, 5.74) is 1.04. The van der Waals surface area contributed by atoms with Crippen LogP contribution in [0.2, 0.25) is 0 Å². The molecule has 0 radical (unpaired) electrons. The molecule has 0 saturated heterocycles. The van der Waals surface area contributed by atoms with E-state index in [0.29, 0.717) is 17.1 Å². The van der Waals surface area contributed by atoms with Crippen LogP contribution in [0.3, 0.4) is 0 Å². The molecule has 0 bridgehead atoms. The first kappa shape index (κ1) is 13.0. The van der Waals surface area contributed by atoms with E-state index in [4.69, 9.17) is 15.1 Å². The number of aryl methyl sites for hydroxylation is 2. The van der Waals surface area contributed by atoms with Crippen LogP contribution in [-0.2, 0) is 9.05 Å². The molecular formula is C11H9ClFNO3S. The van der Waals surface area contributed by atoms with E-state index in [0.717, 1.165) is 6.07 Å². The van der Waals surface area contributed by atoms with Crippen LogP contribution in [0.1, 0.15) is 11.5 Å². The Labute approximate surface area is 108 Å². The minimum Gasteiger partial charge on any atom is -0.449 e. The first-order valence-corrected chi connectivity index (χ1v) is 7.27. The Balaban J connectivity index is 2.69. The molecule has 1 heterocycles. The zero-order valence-electron chi connectivity index (χ0n) is 9.57. The van der Waals surface area contributed by atoms with Crippen LogP contribution in [0, 0.1) is 19.7 Å². The second-order valence-electron chi connectivity index (χ2n) is 3.79. The molecule has 1 aromatic carbocycles. The maximum atomic E-state index is 13.7. The quantitative estimate of drug-likeness (QED) is 0.797. The molecule has 2 aromatic rings. The lowest BCUT2D eigenvalue weighted by atomic mass is 10.1. The van der Waals surface area contributed by atoms with Gasteiger partial charge in [-0.15, -0.1) is 0 Å². The van der Waals surface area contributed by atoms with Gasteiger partial charge in [0, 0.05) is 23.2 Å². The Morgan fingerprint density at radius 1 is 1.33 bits per heavy atom. The summed E-state index contributed by atoms with van der Waals surface area (Å²) >= 11 is 0. The van der Waals surface area contributed by atoms with Gasteiger partial charge in [0.05, 0.1) is 0 Å². The number of hydrogen-bond acceptors (Lipinski definition) is 4. The van der Waals surface area contributed by atoms with E-state index in [-0.39, 0.29) is 5.56 Å². The minimum absolute atomic E-state index is 0.173. The minimum atomic E-state index is -4.14. The summed E-state index contributed by atoms with van der Waals surface area (Å²) < 4.78 is 41.3. The molecular weight excluding hydrogens is 281 g/mol. The van der Waals surface area contributed by atoms with Crippen molar-refractivity contribution in [2.24, 2.45) is 0 Å². The van der Waals surface area contributed by atoms with E-state index in [1.807, 2.05) is 0 Å². The average Bonchev–Trinajstić information content (AvgIpc) is 2.67. The average molecular weight is 290 g/mol. The molecule has 0 fully saturated rings. The van der Waals surface area contributed by atoms with Crippen molar-refractivity contribution in [2.75, 3.05) is 0 Å². The highest BCUT2D eigenvalue weighted by Crippen LogP contribution is 2.28. The maximum Gasteiger partial charge on any atom is 0.264 e. The van der Waals surface area contributed by atoms with Gasteiger partial charge in [-0.2, -0.15) is 0 Å². The number of nitrogens with zero attached hydrogens (tertiary/aromatic N) is 1. The zero-order chi connectivity index (χ0) is 13.5. The standard InChI is InChI=1S/C11H9ClFNO3S/c1-6-3-8(9-5-17-7(2)14-9)4-10(11(6)13)18(12,15)16/h3-5H,1-2H3. The topological polar surface area (TPSA) is 60.2 Å². The fourth-order valence-electron chi connectivity index (χ4n) is 1.56. The molecule has 96 valence electrons. The van der Waals surface area contributed by atoms with Gasteiger partial charge in [-0.3, -0.25) is 0 Å². The smallest absolute Gasteiger partial charge is 0.264 e. The molecule has 2 rings (SSSR count). The molecule has 0 atom stereocenters. The Morgan fingerprint density at radius 2 is 2.00 bits per heavy atom. The number of hydrogen-bond donors (Lipinski definition) is 0. The molecule has 0 saturated carbocycles. The van der Waals surface area contributed by atoms with Gasteiger partial charge in [0.15, 0.2) is 5.89 Å². The van der Waals surface area contributed by atoms with Gasteiger partial charge in [0.25, 0.3) is 9.05 Å². The SMILES string of the molecule is Cc1nc(-c2cc(C)c(F)c(S(=O)(=O)Cl)c2)co1. The van der Waals surface area contributed by atoms with E-state index >= 15 is 0 Å². The third-order valence-electron chi connectivity index (χ3n) is 2.40. The number of rotatable bonds is 2. The Bertz CT molecular complexity index is 709. The number of benzene rings is 1. The molecule has 0 unspecified atom stereocenters. The van der Waals surface area contributed by atoms with E-state index < -0.39 is 19.8 Å². The first-order chi connectivity index (χ1) is 8.29. The van der Waals surface area contributed by atoms with E-state index in [1.165, 1.54) is 19.3 Å². The molecule has 18 heavy (non-hydrogen) atoms. The highest BCUT2D eigenvalue weighted by molar-refractivity contribution is 8.13. The summed E-state index contributed by atoms with van der Waals surface area (Å²) in [6.45, 7) is 3.11. The summed E-state index contributed by atoms with van der Waals surface area (Å²) in [7, 11) is 1.05. The van der Waals surface area contributed by atoms with Crippen molar-refractivity contribution in [3.05, 3.63) is 35.7 Å². The molecule has 0 N–H and O–H groups in total. The molecule has 4 nitrogen and oxygen atoms in total. The lowest BCUT2D eigenvalue weighted by Crippen LogP contribution is -1.99. The maximum absolute atomic E-state index is 13.7. The van der Waals surface area contributed by atoms with Crippen LogP contribution in [0.25, 0.3) is 11.3 Å². The van der Waals surface area contributed by atoms with Gasteiger partial charge in [-0.1, -0.05) is 0 Å². The van der Waals surface area contributed by atoms with Crippen LogP contribution < -0.4 is 0 Å². The number of oxazole rings is 1. The van der Waals surface area contributed by atoms with Crippen molar-refractivity contribution >= 4 is 19.7 Å². The highest BCUT2D eigenvalue weighted by atomic mass is 35.7. The van der Waals surface area contributed by atoms with Crippen molar-refractivity contribution in [1.29, 1.82) is 0 Å². The predicted octanol–water partition coefficient (Wildman–Crippen LogP) is 3.03. The molecule has 0 amide bonds. The Morgan fingerprint density at radius 3 is 2.50 bits per heavy atom. The predicted molar refractivity (Wildman–Crippen MR) is 64.4 cm³/mol. The van der Waals surface area contributed by atoms with E-state index in [9.17, 15) is 12.8 Å². The van der Waals surface area contributed by atoms with Gasteiger partial charge < -0.3 is 4.42 Å².